The first-order valence-electron chi connectivity index (χ1n) is 8.43. The Labute approximate surface area is 119 Å². The van der Waals surface area contributed by atoms with Crippen molar-refractivity contribution in [2.24, 2.45) is 5.92 Å². The smallest absolute Gasteiger partial charge is 0.0127 e. The van der Waals surface area contributed by atoms with E-state index in [-0.39, 0.29) is 0 Å². The first-order chi connectivity index (χ1) is 8.64. The van der Waals surface area contributed by atoms with E-state index in [9.17, 15) is 0 Å². The van der Waals surface area contributed by atoms with Crippen molar-refractivity contribution in [1.82, 2.24) is 0 Å². The second-order valence-electron chi connectivity index (χ2n) is 5.96. The van der Waals surface area contributed by atoms with Crippen LogP contribution in [0.5, 0.6) is 0 Å². The van der Waals surface area contributed by atoms with E-state index >= 15 is 0 Å². The van der Waals surface area contributed by atoms with E-state index in [1.807, 2.05) is 0 Å². The minimum atomic E-state index is 0.511. The van der Waals surface area contributed by atoms with Crippen molar-refractivity contribution < 1.29 is 0 Å². The van der Waals surface area contributed by atoms with Gasteiger partial charge in [0.15, 0.2) is 0 Å². The van der Waals surface area contributed by atoms with Crippen LogP contribution in [0.3, 0.4) is 0 Å². The van der Waals surface area contributed by atoms with Gasteiger partial charge in [0.2, 0.25) is 0 Å². The summed E-state index contributed by atoms with van der Waals surface area (Å²) in [5.41, 5.74) is 0. The molecule has 18 heavy (non-hydrogen) atoms. The van der Waals surface area contributed by atoms with Gasteiger partial charge in [-0.2, -0.15) is 0 Å². The molecule has 0 radical (unpaired) electrons. The maximum absolute atomic E-state index is 3.17. The van der Waals surface area contributed by atoms with E-state index in [1.165, 1.54) is 70.6 Å². The van der Waals surface area contributed by atoms with Crippen molar-refractivity contribution in [3.63, 3.8) is 0 Å². The van der Waals surface area contributed by atoms with E-state index < -0.39 is 0 Å². The third kappa shape index (κ3) is 7.13. The fourth-order valence-corrected chi connectivity index (χ4v) is 3.48. The van der Waals surface area contributed by atoms with Crippen LogP contribution in [-0.2, 0) is 0 Å². The molecule has 0 rings (SSSR count). The molecule has 0 nitrogen and oxygen atoms in total. The monoisotopic (exact) mass is 272 g/mol. The minimum Gasteiger partial charge on any atom is -0.131 e. The molecule has 1 heteroatoms. The van der Waals surface area contributed by atoms with Crippen molar-refractivity contribution in [1.29, 1.82) is 0 Å². The van der Waals surface area contributed by atoms with Crippen LogP contribution in [-0.4, -0.2) is 5.16 Å². The van der Waals surface area contributed by atoms with Gasteiger partial charge < -0.3 is 0 Å². The highest BCUT2D eigenvalue weighted by atomic mass is 31.0. The average molecular weight is 272 g/mol. The van der Waals surface area contributed by atoms with Gasteiger partial charge in [-0.25, -0.2) is 0 Å². The van der Waals surface area contributed by atoms with Crippen molar-refractivity contribution in [2.45, 2.75) is 103 Å². The molecular formula is C17H37P. The highest BCUT2D eigenvalue weighted by Gasteiger charge is 2.28. The number of rotatable bonds is 12. The van der Waals surface area contributed by atoms with E-state index in [4.69, 9.17) is 0 Å². The Morgan fingerprint density at radius 2 is 1.28 bits per heavy atom. The molecule has 0 aliphatic heterocycles. The molecule has 0 amide bonds. The van der Waals surface area contributed by atoms with Crippen LogP contribution in [0.1, 0.15) is 98.3 Å². The molecule has 0 aliphatic carbocycles. The summed E-state index contributed by atoms with van der Waals surface area (Å²) in [4.78, 5) is 0. The average Bonchev–Trinajstić information content (AvgIpc) is 2.41. The highest BCUT2D eigenvalue weighted by molar-refractivity contribution is 7.19. The van der Waals surface area contributed by atoms with Crippen LogP contribution in [0.4, 0.5) is 0 Å². The Kier molecular flexibility index (Phi) is 11.5. The summed E-state index contributed by atoms with van der Waals surface area (Å²) in [6.07, 6.45) is 15.5. The number of hydrogen-bond donors (Lipinski definition) is 0. The third-order valence-electron chi connectivity index (χ3n) is 4.78. The Morgan fingerprint density at radius 3 is 1.72 bits per heavy atom. The SMILES string of the molecule is CCCCCCCCCC(CC)C(P)(CC)CC. The molecule has 0 saturated carbocycles. The summed E-state index contributed by atoms with van der Waals surface area (Å²) in [6, 6.07) is 0. The summed E-state index contributed by atoms with van der Waals surface area (Å²) < 4.78 is 0. The van der Waals surface area contributed by atoms with Crippen molar-refractivity contribution >= 4 is 9.24 Å². The minimum absolute atomic E-state index is 0.511. The summed E-state index contributed by atoms with van der Waals surface area (Å²) in [6.45, 7) is 9.36. The van der Waals surface area contributed by atoms with E-state index in [2.05, 4.69) is 36.9 Å². The van der Waals surface area contributed by atoms with Gasteiger partial charge in [-0.3, -0.25) is 0 Å². The Balaban J connectivity index is 3.74. The zero-order valence-corrected chi connectivity index (χ0v) is 14.6. The molecule has 0 aromatic rings. The first kappa shape index (κ1) is 18.4. The standard InChI is InChI=1S/C17H37P/c1-5-9-10-11-12-13-14-15-16(6-2)17(18,7-3)8-4/h16H,5-15,18H2,1-4H3. The fraction of sp³-hybridized carbons (Fsp3) is 1.00. The van der Waals surface area contributed by atoms with Crippen molar-refractivity contribution in [3.8, 4) is 0 Å². The van der Waals surface area contributed by atoms with E-state index in [0.29, 0.717) is 5.16 Å². The summed E-state index contributed by atoms with van der Waals surface area (Å²) in [5.74, 6) is 0.910. The molecule has 110 valence electrons. The fourth-order valence-electron chi connectivity index (χ4n) is 3.07. The summed E-state index contributed by atoms with van der Waals surface area (Å²) in [7, 11) is 3.17. The lowest BCUT2D eigenvalue weighted by molar-refractivity contribution is 0.313. The van der Waals surface area contributed by atoms with Crippen LogP contribution in [0.15, 0.2) is 0 Å². The van der Waals surface area contributed by atoms with Crippen LogP contribution < -0.4 is 0 Å². The molecule has 0 aromatic heterocycles. The van der Waals surface area contributed by atoms with Gasteiger partial charge >= 0.3 is 0 Å². The topological polar surface area (TPSA) is 0 Å². The van der Waals surface area contributed by atoms with Gasteiger partial charge in [0.1, 0.15) is 0 Å². The van der Waals surface area contributed by atoms with Gasteiger partial charge in [-0.15, -0.1) is 9.24 Å². The van der Waals surface area contributed by atoms with Crippen molar-refractivity contribution in [3.05, 3.63) is 0 Å². The molecule has 2 atom stereocenters. The van der Waals surface area contributed by atoms with Crippen LogP contribution >= 0.6 is 9.24 Å². The van der Waals surface area contributed by atoms with Gasteiger partial charge in [0.05, 0.1) is 0 Å². The van der Waals surface area contributed by atoms with Gasteiger partial charge in [0, 0.05) is 0 Å². The summed E-state index contributed by atoms with van der Waals surface area (Å²) >= 11 is 0. The van der Waals surface area contributed by atoms with E-state index in [1.54, 1.807) is 0 Å². The molecule has 2 unspecified atom stereocenters. The maximum Gasteiger partial charge on any atom is -0.0127 e. The largest absolute Gasteiger partial charge is 0.131 e. The lowest BCUT2D eigenvalue weighted by atomic mass is 9.81. The quantitative estimate of drug-likeness (QED) is 0.278. The Bertz CT molecular complexity index is 172. The molecule has 0 spiro atoms. The predicted octanol–water partition coefficient (Wildman–Crippen LogP) is 6.59. The molecule has 0 aromatic carbocycles. The summed E-state index contributed by atoms with van der Waals surface area (Å²) in [5, 5.41) is 0.511. The lowest BCUT2D eigenvalue weighted by Crippen LogP contribution is -2.29. The second kappa shape index (κ2) is 11.3. The number of hydrogen-bond acceptors (Lipinski definition) is 0. The maximum atomic E-state index is 3.17. The molecule has 0 N–H and O–H groups in total. The molecule has 0 aliphatic rings. The zero-order valence-electron chi connectivity index (χ0n) is 13.4. The molecule has 0 fully saturated rings. The Hall–Kier alpha value is 0.430. The lowest BCUT2D eigenvalue weighted by Gasteiger charge is -2.36. The second-order valence-corrected chi connectivity index (χ2v) is 7.11. The van der Waals surface area contributed by atoms with E-state index in [0.717, 1.165) is 5.92 Å². The predicted molar refractivity (Wildman–Crippen MR) is 89.4 cm³/mol. The van der Waals surface area contributed by atoms with Gasteiger partial charge in [-0.05, 0) is 30.3 Å². The third-order valence-corrected chi connectivity index (χ3v) is 6.07. The molecule has 0 heterocycles. The highest BCUT2D eigenvalue weighted by Crippen LogP contribution is 2.39. The van der Waals surface area contributed by atoms with Crippen LogP contribution in [0.2, 0.25) is 0 Å². The van der Waals surface area contributed by atoms with Crippen LogP contribution in [0, 0.1) is 5.92 Å². The molecular weight excluding hydrogens is 235 g/mol. The molecule has 0 bridgehead atoms. The van der Waals surface area contributed by atoms with Gasteiger partial charge in [-0.1, -0.05) is 79.1 Å². The van der Waals surface area contributed by atoms with Crippen LogP contribution in [0.25, 0.3) is 0 Å². The molecule has 0 saturated heterocycles. The Morgan fingerprint density at radius 1 is 0.778 bits per heavy atom. The normalized spacial score (nSPS) is 13.8. The first-order valence-corrected chi connectivity index (χ1v) is 9.01. The zero-order chi connectivity index (χ0) is 13.9. The van der Waals surface area contributed by atoms with Crippen molar-refractivity contribution in [2.75, 3.05) is 0 Å². The van der Waals surface area contributed by atoms with Gasteiger partial charge in [0.25, 0.3) is 0 Å². The number of unbranched alkanes of at least 4 members (excludes halogenated alkanes) is 6.